The number of hydrogen-bond donors (Lipinski definition) is 2. The lowest BCUT2D eigenvalue weighted by Gasteiger charge is -2.16. The maximum Gasteiger partial charge on any atom is 0.272 e. The van der Waals surface area contributed by atoms with Crippen LogP contribution >= 0.6 is 11.6 Å². The molecule has 0 aliphatic carbocycles. The average molecular weight is 319 g/mol. The van der Waals surface area contributed by atoms with Gasteiger partial charge in [0.2, 0.25) is 0 Å². The maximum atomic E-state index is 12.1. The Morgan fingerprint density at radius 2 is 1.64 bits per heavy atom. The fourth-order valence-electron chi connectivity index (χ4n) is 1.92. The van der Waals surface area contributed by atoms with Gasteiger partial charge >= 0.3 is 0 Å². The Labute approximate surface area is 133 Å². The summed E-state index contributed by atoms with van der Waals surface area (Å²) in [5.74, 6) is -0.976. The summed E-state index contributed by atoms with van der Waals surface area (Å²) in [6.07, 6.45) is -0.812. The largest absolute Gasteiger partial charge is 0.367 e. The third kappa shape index (κ3) is 3.84. The standard InChI is InChI=1S/C16H15ClN2O3/c1-22-14(11-7-3-2-4-8-11)16(21)19-18-15(20)12-9-5-6-10-13(12)17/h2-10,14H,1H3,(H,18,20)(H,19,21). The first kappa shape index (κ1) is 16.0. The lowest BCUT2D eigenvalue weighted by molar-refractivity contribution is -0.132. The number of halogens is 1. The van der Waals surface area contributed by atoms with Crippen LogP contribution in [0.3, 0.4) is 0 Å². The third-order valence-electron chi connectivity index (χ3n) is 2.99. The van der Waals surface area contributed by atoms with Gasteiger partial charge in [-0.1, -0.05) is 54.1 Å². The first-order valence-corrected chi connectivity index (χ1v) is 6.93. The van der Waals surface area contributed by atoms with Gasteiger partial charge in [-0.15, -0.1) is 0 Å². The number of hydrogen-bond acceptors (Lipinski definition) is 3. The minimum atomic E-state index is -0.812. The Morgan fingerprint density at radius 1 is 1.00 bits per heavy atom. The second-order valence-electron chi connectivity index (χ2n) is 4.45. The van der Waals surface area contributed by atoms with Crippen molar-refractivity contribution in [1.29, 1.82) is 0 Å². The number of rotatable bonds is 4. The number of methoxy groups -OCH3 is 1. The summed E-state index contributed by atoms with van der Waals surface area (Å²) in [5, 5.41) is 0.306. The second kappa shape index (κ2) is 7.59. The van der Waals surface area contributed by atoms with Crippen molar-refractivity contribution >= 4 is 23.4 Å². The normalized spacial score (nSPS) is 11.5. The SMILES string of the molecule is COC(C(=O)NNC(=O)c1ccccc1Cl)c1ccccc1. The molecule has 1 unspecified atom stereocenters. The van der Waals surface area contributed by atoms with Gasteiger partial charge in [0, 0.05) is 7.11 Å². The molecule has 0 bridgehead atoms. The minimum Gasteiger partial charge on any atom is -0.367 e. The van der Waals surface area contributed by atoms with Gasteiger partial charge < -0.3 is 4.74 Å². The van der Waals surface area contributed by atoms with Gasteiger partial charge in [0.15, 0.2) is 6.10 Å². The number of carbonyl (C=O) groups is 2. The van der Waals surface area contributed by atoms with Crippen LogP contribution < -0.4 is 10.9 Å². The molecule has 0 saturated heterocycles. The van der Waals surface area contributed by atoms with Crippen molar-refractivity contribution < 1.29 is 14.3 Å². The van der Waals surface area contributed by atoms with E-state index >= 15 is 0 Å². The highest BCUT2D eigenvalue weighted by Crippen LogP contribution is 2.16. The summed E-state index contributed by atoms with van der Waals surface area (Å²) < 4.78 is 5.17. The monoisotopic (exact) mass is 318 g/mol. The molecule has 0 aliphatic heterocycles. The molecule has 1 atom stereocenters. The molecule has 2 N–H and O–H groups in total. The Kier molecular flexibility index (Phi) is 5.52. The van der Waals surface area contributed by atoms with Crippen LogP contribution in [0.2, 0.25) is 5.02 Å². The molecule has 22 heavy (non-hydrogen) atoms. The van der Waals surface area contributed by atoms with Gasteiger partial charge in [0.1, 0.15) is 0 Å². The highest BCUT2D eigenvalue weighted by atomic mass is 35.5. The van der Waals surface area contributed by atoms with E-state index in [1.54, 1.807) is 48.5 Å². The van der Waals surface area contributed by atoms with Crippen LogP contribution in [-0.4, -0.2) is 18.9 Å². The molecule has 2 aromatic carbocycles. The predicted molar refractivity (Wildman–Crippen MR) is 83.3 cm³/mol. The molecule has 114 valence electrons. The summed E-state index contributed by atoms with van der Waals surface area (Å²) in [6.45, 7) is 0. The van der Waals surface area contributed by atoms with E-state index in [2.05, 4.69) is 10.9 Å². The first-order valence-electron chi connectivity index (χ1n) is 6.56. The van der Waals surface area contributed by atoms with Crippen molar-refractivity contribution in [1.82, 2.24) is 10.9 Å². The average Bonchev–Trinajstić information content (AvgIpc) is 2.55. The number of hydrazine groups is 1. The molecule has 0 aliphatic rings. The topological polar surface area (TPSA) is 67.4 Å². The molecule has 0 saturated carbocycles. The fraction of sp³-hybridized carbons (Fsp3) is 0.125. The van der Waals surface area contributed by atoms with Crippen LogP contribution in [0.1, 0.15) is 22.0 Å². The molecule has 2 amide bonds. The van der Waals surface area contributed by atoms with Crippen molar-refractivity contribution in [3.05, 3.63) is 70.7 Å². The lowest BCUT2D eigenvalue weighted by atomic mass is 10.1. The van der Waals surface area contributed by atoms with E-state index in [0.29, 0.717) is 10.6 Å². The van der Waals surface area contributed by atoms with E-state index in [1.165, 1.54) is 7.11 Å². The molecule has 2 aromatic rings. The van der Waals surface area contributed by atoms with Gasteiger partial charge in [-0.3, -0.25) is 20.4 Å². The maximum absolute atomic E-state index is 12.1. The zero-order valence-electron chi connectivity index (χ0n) is 11.9. The van der Waals surface area contributed by atoms with E-state index < -0.39 is 17.9 Å². The first-order chi connectivity index (χ1) is 10.6. The molecule has 0 radical (unpaired) electrons. The van der Waals surface area contributed by atoms with Crippen molar-refractivity contribution in [2.45, 2.75) is 6.10 Å². The molecule has 6 heteroatoms. The van der Waals surface area contributed by atoms with Gasteiger partial charge in [0.05, 0.1) is 10.6 Å². The van der Waals surface area contributed by atoms with Gasteiger partial charge in [-0.05, 0) is 17.7 Å². The Balaban J connectivity index is 2.00. The van der Waals surface area contributed by atoms with Crippen LogP contribution in [0.5, 0.6) is 0 Å². The number of nitrogens with one attached hydrogen (secondary N) is 2. The smallest absolute Gasteiger partial charge is 0.272 e. The van der Waals surface area contributed by atoms with Crippen LogP contribution in [-0.2, 0) is 9.53 Å². The summed E-state index contributed by atoms with van der Waals surface area (Å²) in [6, 6.07) is 15.5. The third-order valence-corrected chi connectivity index (χ3v) is 3.32. The fourth-order valence-corrected chi connectivity index (χ4v) is 2.14. The van der Waals surface area contributed by atoms with E-state index in [9.17, 15) is 9.59 Å². The predicted octanol–water partition coefficient (Wildman–Crippen LogP) is 2.49. The van der Waals surface area contributed by atoms with Crippen LogP contribution in [0.4, 0.5) is 0 Å². The lowest BCUT2D eigenvalue weighted by Crippen LogP contribution is -2.44. The summed E-state index contributed by atoms with van der Waals surface area (Å²) >= 11 is 5.92. The molecule has 0 aromatic heterocycles. The molecule has 5 nitrogen and oxygen atoms in total. The minimum absolute atomic E-state index is 0.276. The highest BCUT2D eigenvalue weighted by Gasteiger charge is 2.20. The van der Waals surface area contributed by atoms with Crippen LogP contribution in [0.15, 0.2) is 54.6 Å². The van der Waals surface area contributed by atoms with Gasteiger partial charge in [0.25, 0.3) is 11.8 Å². The number of amides is 2. The molecule has 0 fully saturated rings. The zero-order valence-corrected chi connectivity index (χ0v) is 12.6. The van der Waals surface area contributed by atoms with Crippen molar-refractivity contribution in [3.63, 3.8) is 0 Å². The summed E-state index contributed by atoms with van der Waals surface area (Å²) in [5.41, 5.74) is 5.62. The van der Waals surface area contributed by atoms with Gasteiger partial charge in [-0.2, -0.15) is 0 Å². The molecule has 0 spiro atoms. The van der Waals surface area contributed by atoms with Crippen molar-refractivity contribution in [2.75, 3.05) is 7.11 Å². The zero-order chi connectivity index (χ0) is 15.9. The quantitative estimate of drug-likeness (QED) is 0.851. The van der Waals surface area contributed by atoms with E-state index in [1.807, 2.05) is 6.07 Å². The van der Waals surface area contributed by atoms with E-state index in [0.717, 1.165) is 0 Å². The molecule has 2 rings (SSSR count). The van der Waals surface area contributed by atoms with Crippen LogP contribution in [0, 0.1) is 0 Å². The molecule has 0 heterocycles. The van der Waals surface area contributed by atoms with Crippen molar-refractivity contribution in [2.24, 2.45) is 0 Å². The van der Waals surface area contributed by atoms with Gasteiger partial charge in [-0.25, -0.2) is 0 Å². The number of ether oxygens (including phenoxy) is 1. The van der Waals surface area contributed by atoms with Crippen molar-refractivity contribution in [3.8, 4) is 0 Å². The highest BCUT2D eigenvalue weighted by molar-refractivity contribution is 6.33. The van der Waals surface area contributed by atoms with E-state index in [4.69, 9.17) is 16.3 Å². The molecular formula is C16H15ClN2O3. The Morgan fingerprint density at radius 3 is 2.27 bits per heavy atom. The Hall–Kier alpha value is -2.37. The van der Waals surface area contributed by atoms with Crippen LogP contribution in [0.25, 0.3) is 0 Å². The van der Waals surface area contributed by atoms with E-state index in [-0.39, 0.29) is 5.56 Å². The second-order valence-corrected chi connectivity index (χ2v) is 4.86. The number of benzene rings is 2. The summed E-state index contributed by atoms with van der Waals surface area (Å²) in [7, 11) is 1.42. The number of carbonyl (C=O) groups excluding carboxylic acids is 2. The Bertz CT molecular complexity index is 661. The summed E-state index contributed by atoms with van der Waals surface area (Å²) in [4.78, 5) is 24.1. The molecular weight excluding hydrogens is 304 g/mol.